The largest absolute Gasteiger partial charge is 0.384 e. The number of rotatable bonds is 4. The van der Waals surface area contributed by atoms with Crippen molar-refractivity contribution < 1.29 is 13.5 Å². The van der Waals surface area contributed by atoms with Crippen LogP contribution in [0.1, 0.15) is 36.1 Å². The molecular weight excluding hydrogens is 294 g/mol. The second-order valence-corrected chi connectivity index (χ2v) is 8.28. The third kappa shape index (κ3) is 3.61. The summed E-state index contributed by atoms with van der Waals surface area (Å²) in [6.45, 7) is 0.228. The van der Waals surface area contributed by atoms with Gasteiger partial charge in [0, 0.05) is 29.4 Å². The molecule has 2 rings (SSSR count). The van der Waals surface area contributed by atoms with Crippen LogP contribution in [0.4, 0.5) is 0 Å². The van der Waals surface area contributed by atoms with Gasteiger partial charge in [-0.05, 0) is 18.9 Å². The quantitative estimate of drug-likeness (QED) is 0.862. The molecule has 0 atom stereocenters. The highest BCUT2D eigenvalue weighted by atomic mass is 32.2. The van der Waals surface area contributed by atoms with Crippen LogP contribution in [0.15, 0.2) is 11.4 Å². The molecule has 1 heterocycles. The maximum atomic E-state index is 12.4. The molecule has 0 bridgehead atoms. The maximum absolute atomic E-state index is 12.4. The van der Waals surface area contributed by atoms with E-state index < -0.39 is 10.0 Å². The first-order chi connectivity index (χ1) is 9.54. The summed E-state index contributed by atoms with van der Waals surface area (Å²) in [6.07, 6.45) is 3.59. The smallest absolute Gasteiger partial charge is 0.217 e. The van der Waals surface area contributed by atoms with Gasteiger partial charge in [0.05, 0.1) is 5.25 Å². The molecule has 4 nitrogen and oxygen atoms in total. The normalized spacial score (nSPS) is 16.4. The summed E-state index contributed by atoms with van der Waals surface area (Å²) in [5.41, 5.74) is 0.825. The summed E-state index contributed by atoms with van der Waals surface area (Å²) in [7, 11) is -1.54. The van der Waals surface area contributed by atoms with E-state index in [1.54, 1.807) is 7.05 Å². The lowest BCUT2D eigenvalue weighted by Crippen LogP contribution is -2.34. The van der Waals surface area contributed by atoms with E-state index in [2.05, 4.69) is 11.8 Å². The first-order valence-electron chi connectivity index (χ1n) is 6.66. The number of aliphatic hydroxyl groups excluding tert-OH is 1. The van der Waals surface area contributed by atoms with Crippen LogP contribution in [0, 0.1) is 11.8 Å². The van der Waals surface area contributed by atoms with Crippen molar-refractivity contribution in [1.29, 1.82) is 0 Å². The number of hydrogen-bond donors (Lipinski definition) is 1. The molecule has 1 aromatic heterocycles. The van der Waals surface area contributed by atoms with Gasteiger partial charge in [-0.15, -0.1) is 11.3 Å². The Morgan fingerprint density at radius 1 is 1.45 bits per heavy atom. The van der Waals surface area contributed by atoms with Crippen LogP contribution in [0.25, 0.3) is 0 Å². The van der Waals surface area contributed by atoms with E-state index in [9.17, 15) is 8.42 Å². The van der Waals surface area contributed by atoms with E-state index in [1.807, 2.05) is 11.4 Å². The molecule has 0 amide bonds. The van der Waals surface area contributed by atoms with Crippen LogP contribution in [-0.4, -0.2) is 36.7 Å². The Balaban J connectivity index is 2.03. The van der Waals surface area contributed by atoms with Gasteiger partial charge in [-0.1, -0.05) is 24.7 Å². The Morgan fingerprint density at radius 2 is 2.15 bits per heavy atom. The summed E-state index contributed by atoms with van der Waals surface area (Å²) in [5, 5.41) is 10.3. The van der Waals surface area contributed by atoms with Crippen molar-refractivity contribution in [2.75, 3.05) is 13.7 Å². The van der Waals surface area contributed by atoms with Crippen LogP contribution < -0.4 is 0 Å². The Hall–Kier alpha value is -0.870. The molecular formula is C14H19NO3S2. The topological polar surface area (TPSA) is 57.6 Å². The highest BCUT2D eigenvalue weighted by Crippen LogP contribution is 2.28. The molecule has 0 radical (unpaired) electrons. The molecule has 0 unspecified atom stereocenters. The molecule has 0 saturated heterocycles. The van der Waals surface area contributed by atoms with Crippen molar-refractivity contribution >= 4 is 21.4 Å². The Bertz CT molecular complexity index is 604. The van der Waals surface area contributed by atoms with Crippen molar-refractivity contribution in [2.45, 2.75) is 37.5 Å². The fraction of sp³-hybridized carbons (Fsp3) is 0.571. The van der Waals surface area contributed by atoms with Crippen molar-refractivity contribution in [3.05, 3.63) is 21.9 Å². The fourth-order valence-electron chi connectivity index (χ4n) is 2.42. The molecule has 0 spiro atoms. The number of thiophene rings is 1. The van der Waals surface area contributed by atoms with Gasteiger partial charge in [-0.25, -0.2) is 8.42 Å². The second kappa shape index (κ2) is 6.72. The third-order valence-corrected chi connectivity index (χ3v) is 6.74. The van der Waals surface area contributed by atoms with Gasteiger partial charge < -0.3 is 5.11 Å². The SMILES string of the molecule is CN(Cc1cc(C#CCO)cs1)S(=O)(=O)C1CCCC1. The minimum atomic E-state index is -3.18. The Labute approximate surface area is 124 Å². The minimum Gasteiger partial charge on any atom is -0.384 e. The van der Waals surface area contributed by atoms with Crippen LogP contribution in [0.2, 0.25) is 0 Å². The molecule has 1 saturated carbocycles. The van der Waals surface area contributed by atoms with Crippen LogP contribution >= 0.6 is 11.3 Å². The first-order valence-corrected chi connectivity index (χ1v) is 9.04. The number of hydrogen-bond acceptors (Lipinski definition) is 4. The van der Waals surface area contributed by atoms with Gasteiger partial charge in [0.25, 0.3) is 0 Å². The Morgan fingerprint density at radius 3 is 2.80 bits per heavy atom. The van der Waals surface area contributed by atoms with E-state index in [4.69, 9.17) is 5.11 Å². The van der Waals surface area contributed by atoms with Crippen molar-refractivity contribution in [1.82, 2.24) is 4.31 Å². The zero-order valence-corrected chi connectivity index (χ0v) is 13.1. The summed E-state index contributed by atoms with van der Waals surface area (Å²) in [4.78, 5) is 0.969. The minimum absolute atomic E-state index is 0.166. The predicted molar refractivity (Wildman–Crippen MR) is 80.9 cm³/mol. The summed E-state index contributed by atoms with van der Waals surface area (Å²) in [5.74, 6) is 5.41. The molecule has 0 aliphatic heterocycles. The van der Waals surface area contributed by atoms with E-state index in [0.29, 0.717) is 6.54 Å². The van der Waals surface area contributed by atoms with Crippen LogP contribution in [-0.2, 0) is 16.6 Å². The van der Waals surface area contributed by atoms with Crippen molar-refractivity contribution in [3.8, 4) is 11.8 Å². The number of sulfonamides is 1. The number of nitrogens with zero attached hydrogens (tertiary/aromatic N) is 1. The van der Waals surface area contributed by atoms with Crippen LogP contribution in [0.5, 0.6) is 0 Å². The average Bonchev–Trinajstić information content (AvgIpc) is 3.07. The van der Waals surface area contributed by atoms with Gasteiger partial charge in [-0.2, -0.15) is 4.31 Å². The predicted octanol–water partition coefficient (Wildman–Crippen LogP) is 1.80. The lowest BCUT2D eigenvalue weighted by Gasteiger charge is -2.20. The fourth-order valence-corrected chi connectivity index (χ4v) is 5.13. The highest BCUT2D eigenvalue weighted by molar-refractivity contribution is 7.89. The monoisotopic (exact) mass is 313 g/mol. The zero-order chi connectivity index (χ0) is 14.6. The molecule has 0 aromatic carbocycles. The molecule has 1 aromatic rings. The van der Waals surface area contributed by atoms with E-state index in [1.165, 1.54) is 15.6 Å². The van der Waals surface area contributed by atoms with Gasteiger partial charge in [0.2, 0.25) is 10.0 Å². The van der Waals surface area contributed by atoms with Gasteiger partial charge in [0.1, 0.15) is 6.61 Å². The van der Waals surface area contributed by atoms with Crippen molar-refractivity contribution in [2.24, 2.45) is 0 Å². The lowest BCUT2D eigenvalue weighted by molar-refractivity contribution is 0.350. The summed E-state index contributed by atoms with van der Waals surface area (Å²) in [6, 6.07) is 1.88. The second-order valence-electron chi connectivity index (χ2n) is 4.97. The van der Waals surface area contributed by atoms with E-state index in [-0.39, 0.29) is 11.9 Å². The Kier molecular flexibility index (Phi) is 5.22. The van der Waals surface area contributed by atoms with E-state index in [0.717, 1.165) is 36.1 Å². The summed E-state index contributed by atoms with van der Waals surface area (Å²) < 4.78 is 26.2. The van der Waals surface area contributed by atoms with Crippen molar-refractivity contribution in [3.63, 3.8) is 0 Å². The molecule has 110 valence electrons. The van der Waals surface area contributed by atoms with Gasteiger partial charge in [0.15, 0.2) is 0 Å². The first kappa shape index (κ1) is 15.5. The average molecular weight is 313 g/mol. The molecule has 1 aliphatic carbocycles. The molecule has 1 N–H and O–H groups in total. The standard InChI is InChI=1S/C14H19NO3S2/c1-15(20(17,18)14-6-2-3-7-14)10-13-9-12(11-19-13)5-4-8-16/h9,11,14,16H,2-3,6-8,10H2,1H3. The maximum Gasteiger partial charge on any atom is 0.217 e. The lowest BCUT2D eigenvalue weighted by atomic mass is 10.3. The number of aliphatic hydroxyl groups is 1. The van der Waals surface area contributed by atoms with Crippen LogP contribution in [0.3, 0.4) is 0 Å². The highest BCUT2D eigenvalue weighted by Gasteiger charge is 2.32. The molecule has 6 heteroatoms. The van der Waals surface area contributed by atoms with E-state index >= 15 is 0 Å². The molecule has 1 aliphatic rings. The molecule has 20 heavy (non-hydrogen) atoms. The zero-order valence-electron chi connectivity index (χ0n) is 11.5. The van der Waals surface area contributed by atoms with Gasteiger partial charge >= 0.3 is 0 Å². The molecule has 1 fully saturated rings. The summed E-state index contributed by atoms with van der Waals surface area (Å²) >= 11 is 1.50. The van der Waals surface area contributed by atoms with Gasteiger partial charge in [-0.3, -0.25) is 0 Å². The third-order valence-electron chi connectivity index (χ3n) is 3.50.